The largest absolute Gasteiger partial charge is 0.371 e. The van der Waals surface area contributed by atoms with Crippen LogP contribution >= 0.6 is 0 Å². The molecule has 0 spiro atoms. The SMILES string of the molecule is Cc1ccc2c(c1)CC1NCCOC21. The Labute approximate surface area is 84.3 Å². The Bertz CT molecular complexity index is 361. The van der Waals surface area contributed by atoms with Gasteiger partial charge in [0.25, 0.3) is 0 Å². The van der Waals surface area contributed by atoms with Crippen molar-refractivity contribution in [2.24, 2.45) is 0 Å². The van der Waals surface area contributed by atoms with E-state index in [0.717, 1.165) is 19.6 Å². The van der Waals surface area contributed by atoms with Gasteiger partial charge in [0, 0.05) is 12.6 Å². The van der Waals surface area contributed by atoms with E-state index in [4.69, 9.17) is 4.74 Å². The molecule has 1 aromatic carbocycles. The van der Waals surface area contributed by atoms with Crippen LogP contribution in [0.5, 0.6) is 0 Å². The van der Waals surface area contributed by atoms with Gasteiger partial charge in [0.2, 0.25) is 0 Å². The zero-order valence-electron chi connectivity index (χ0n) is 8.42. The smallest absolute Gasteiger partial charge is 0.0984 e. The van der Waals surface area contributed by atoms with Crippen LogP contribution in [0.15, 0.2) is 18.2 Å². The second-order valence-electron chi connectivity index (χ2n) is 4.26. The Morgan fingerprint density at radius 1 is 1.43 bits per heavy atom. The normalized spacial score (nSPS) is 29.8. The van der Waals surface area contributed by atoms with Gasteiger partial charge in [0.1, 0.15) is 0 Å². The van der Waals surface area contributed by atoms with Gasteiger partial charge >= 0.3 is 0 Å². The molecule has 2 nitrogen and oxygen atoms in total. The first-order chi connectivity index (χ1) is 6.84. The number of morpholine rings is 1. The molecular formula is C12H15NO. The van der Waals surface area contributed by atoms with Crippen molar-refractivity contribution < 1.29 is 4.74 Å². The van der Waals surface area contributed by atoms with E-state index < -0.39 is 0 Å². The fraction of sp³-hybridized carbons (Fsp3) is 0.500. The molecule has 2 aliphatic rings. The number of hydrogen-bond acceptors (Lipinski definition) is 2. The zero-order chi connectivity index (χ0) is 9.54. The Kier molecular flexibility index (Phi) is 1.85. The van der Waals surface area contributed by atoms with Gasteiger partial charge < -0.3 is 10.1 Å². The number of fused-ring (bicyclic) bond motifs is 3. The first-order valence-corrected chi connectivity index (χ1v) is 5.29. The number of ether oxygens (including phenoxy) is 1. The molecular weight excluding hydrogens is 174 g/mol. The second kappa shape index (κ2) is 3.07. The minimum Gasteiger partial charge on any atom is -0.371 e. The van der Waals surface area contributed by atoms with Crippen molar-refractivity contribution in [3.63, 3.8) is 0 Å². The Morgan fingerprint density at radius 2 is 2.36 bits per heavy atom. The topological polar surface area (TPSA) is 21.3 Å². The highest BCUT2D eigenvalue weighted by Crippen LogP contribution is 2.35. The fourth-order valence-electron chi connectivity index (χ4n) is 2.56. The molecule has 2 heteroatoms. The lowest BCUT2D eigenvalue weighted by atomic mass is 10.1. The fourth-order valence-corrected chi connectivity index (χ4v) is 2.56. The molecule has 1 saturated heterocycles. The van der Waals surface area contributed by atoms with Crippen molar-refractivity contribution in [1.29, 1.82) is 0 Å². The molecule has 0 saturated carbocycles. The van der Waals surface area contributed by atoms with Gasteiger partial charge in [0.05, 0.1) is 12.7 Å². The first kappa shape index (κ1) is 8.45. The maximum absolute atomic E-state index is 5.81. The summed E-state index contributed by atoms with van der Waals surface area (Å²) in [5.41, 5.74) is 4.21. The quantitative estimate of drug-likeness (QED) is 0.669. The molecule has 1 aromatic rings. The van der Waals surface area contributed by atoms with Crippen molar-refractivity contribution >= 4 is 0 Å². The van der Waals surface area contributed by atoms with Gasteiger partial charge in [-0.1, -0.05) is 23.8 Å². The monoisotopic (exact) mass is 189 g/mol. The summed E-state index contributed by atoms with van der Waals surface area (Å²) in [6.45, 7) is 3.99. The van der Waals surface area contributed by atoms with Crippen LogP contribution in [0.3, 0.4) is 0 Å². The van der Waals surface area contributed by atoms with Crippen molar-refractivity contribution in [3.05, 3.63) is 34.9 Å². The first-order valence-electron chi connectivity index (χ1n) is 5.29. The summed E-state index contributed by atoms with van der Waals surface area (Å²) in [6, 6.07) is 7.21. The highest BCUT2D eigenvalue weighted by Gasteiger charge is 2.34. The maximum atomic E-state index is 5.81. The molecule has 1 aliphatic heterocycles. The van der Waals surface area contributed by atoms with E-state index in [0.29, 0.717) is 12.1 Å². The Morgan fingerprint density at radius 3 is 3.29 bits per heavy atom. The lowest BCUT2D eigenvalue weighted by molar-refractivity contribution is 0.00358. The highest BCUT2D eigenvalue weighted by atomic mass is 16.5. The maximum Gasteiger partial charge on any atom is 0.0984 e. The van der Waals surface area contributed by atoms with E-state index in [2.05, 4.69) is 30.4 Å². The molecule has 0 aromatic heterocycles. The molecule has 1 aliphatic carbocycles. The predicted octanol–water partition coefficient (Wildman–Crippen LogP) is 1.58. The third-order valence-electron chi connectivity index (χ3n) is 3.22. The number of hydrogen-bond donors (Lipinski definition) is 1. The third-order valence-corrected chi connectivity index (χ3v) is 3.22. The standard InChI is InChI=1S/C12H15NO/c1-8-2-3-10-9(6-8)7-11-12(10)14-5-4-13-11/h2-3,6,11-13H,4-5,7H2,1H3. The molecule has 1 fully saturated rings. The van der Waals surface area contributed by atoms with Crippen molar-refractivity contribution in [3.8, 4) is 0 Å². The molecule has 0 amide bonds. The zero-order valence-corrected chi connectivity index (χ0v) is 8.42. The summed E-state index contributed by atoms with van der Waals surface area (Å²) in [5.74, 6) is 0. The van der Waals surface area contributed by atoms with Gasteiger partial charge in [-0.05, 0) is 24.5 Å². The average Bonchev–Trinajstić information content (AvgIpc) is 2.54. The van der Waals surface area contributed by atoms with Crippen molar-refractivity contribution in [1.82, 2.24) is 5.32 Å². The number of aryl methyl sites for hydroxylation is 1. The molecule has 2 unspecified atom stereocenters. The molecule has 1 heterocycles. The second-order valence-corrected chi connectivity index (χ2v) is 4.26. The van der Waals surface area contributed by atoms with Crippen molar-refractivity contribution in [2.45, 2.75) is 25.5 Å². The summed E-state index contributed by atoms with van der Waals surface area (Å²) in [6.07, 6.45) is 1.43. The summed E-state index contributed by atoms with van der Waals surface area (Å²) < 4.78 is 5.81. The van der Waals surface area contributed by atoms with E-state index in [1.807, 2.05) is 0 Å². The van der Waals surface area contributed by atoms with Gasteiger partial charge in [-0.15, -0.1) is 0 Å². The summed E-state index contributed by atoms with van der Waals surface area (Å²) in [7, 11) is 0. The summed E-state index contributed by atoms with van der Waals surface area (Å²) in [4.78, 5) is 0. The average molecular weight is 189 g/mol. The molecule has 2 atom stereocenters. The molecule has 74 valence electrons. The van der Waals surface area contributed by atoms with Crippen molar-refractivity contribution in [2.75, 3.05) is 13.2 Å². The van der Waals surface area contributed by atoms with Crippen LogP contribution in [0, 0.1) is 6.92 Å². The van der Waals surface area contributed by atoms with Crippen LogP contribution < -0.4 is 5.32 Å². The van der Waals surface area contributed by atoms with Gasteiger partial charge in [-0.2, -0.15) is 0 Å². The lowest BCUT2D eigenvalue weighted by Crippen LogP contribution is -2.41. The highest BCUT2D eigenvalue weighted by molar-refractivity contribution is 5.39. The van der Waals surface area contributed by atoms with Crippen LogP contribution in [0.4, 0.5) is 0 Å². The van der Waals surface area contributed by atoms with Crippen LogP contribution in [0.1, 0.15) is 22.8 Å². The van der Waals surface area contributed by atoms with Crippen LogP contribution in [0.25, 0.3) is 0 Å². The van der Waals surface area contributed by atoms with Gasteiger partial charge in [0.15, 0.2) is 0 Å². The van der Waals surface area contributed by atoms with E-state index in [-0.39, 0.29) is 0 Å². The minimum atomic E-state index is 0.305. The number of nitrogens with one attached hydrogen (secondary N) is 1. The summed E-state index contributed by atoms with van der Waals surface area (Å²) in [5, 5.41) is 3.52. The minimum absolute atomic E-state index is 0.305. The number of rotatable bonds is 0. The molecule has 0 bridgehead atoms. The van der Waals surface area contributed by atoms with E-state index in [9.17, 15) is 0 Å². The third kappa shape index (κ3) is 1.18. The number of benzene rings is 1. The molecule has 1 N–H and O–H groups in total. The predicted molar refractivity (Wildman–Crippen MR) is 55.4 cm³/mol. The van der Waals surface area contributed by atoms with E-state index >= 15 is 0 Å². The van der Waals surface area contributed by atoms with E-state index in [1.54, 1.807) is 0 Å². The van der Waals surface area contributed by atoms with Gasteiger partial charge in [-0.25, -0.2) is 0 Å². The molecule has 14 heavy (non-hydrogen) atoms. The van der Waals surface area contributed by atoms with Gasteiger partial charge in [-0.3, -0.25) is 0 Å². The van der Waals surface area contributed by atoms with Crippen LogP contribution in [-0.2, 0) is 11.2 Å². The van der Waals surface area contributed by atoms with Crippen LogP contribution in [0.2, 0.25) is 0 Å². The summed E-state index contributed by atoms with van der Waals surface area (Å²) >= 11 is 0. The Hall–Kier alpha value is -0.860. The van der Waals surface area contributed by atoms with Crippen LogP contribution in [-0.4, -0.2) is 19.2 Å². The van der Waals surface area contributed by atoms with E-state index in [1.165, 1.54) is 16.7 Å². The molecule has 3 rings (SSSR count). The Balaban J connectivity index is 2.01. The molecule has 0 radical (unpaired) electrons. The lowest BCUT2D eigenvalue weighted by Gasteiger charge is -2.27.